The number of hydrogen-bond donors (Lipinski definition) is 1. The predicted molar refractivity (Wildman–Crippen MR) is 82.4 cm³/mol. The lowest BCUT2D eigenvalue weighted by atomic mass is 9.85. The maximum Gasteiger partial charge on any atom is 0.122 e. The van der Waals surface area contributed by atoms with E-state index in [9.17, 15) is 0 Å². The summed E-state index contributed by atoms with van der Waals surface area (Å²) in [6.45, 7) is 12.3. The first-order chi connectivity index (χ1) is 9.54. The van der Waals surface area contributed by atoms with E-state index in [4.69, 9.17) is 4.74 Å². The number of nitrogens with zero attached hydrogens (tertiary/aromatic N) is 1. The summed E-state index contributed by atoms with van der Waals surface area (Å²) in [5, 5.41) is 3.66. The van der Waals surface area contributed by atoms with E-state index >= 15 is 0 Å². The van der Waals surface area contributed by atoms with Crippen molar-refractivity contribution in [1.29, 1.82) is 0 Å². The first-order valence-corrected chi connectivity index (χ1v) is 7.71. The van der Waals surface area contributed by atoms with E-state index in [2.05, 4.69) is 55.3 Å². The highest BCUT2D eigenvalue weighted by Gasteiger charge is 2.32. The normalized spacial score (nSPS) is 27.1. The Morgan fingerprint density at radius 3 is 2.90 bits per heavy atom. The Kier molecular flexibility index (Phi) is 3.74. The summed E-state index contributed by atoms with van der Waals surface area (Å²) in [5.74, 6) is 1.62. The molecular weight excluding hydrogens is 248 g/mol. The largest absolute Gasteiger partial charge is 0.493 e. The zero-order valence-electron chi connectivity index (χ0n) is 12.9. The summed E-state index contributed by atoms with van der Waals surface area (Å²) in [7, 11) is 0. The fourth-order valence-corrected chi connectivity index (χ4v) is 3.25. The summed E-state index contributed by atoms with van der Waals surface area (Å²) < 4.78 is 5.80. The van der Waals surface area contributed by atoms with Crippen LogP contribution >= 0.6 is 0 Å². The average Bonchev–Trinajstić information content (AvgIpc) is 2.82. The summed E-state index contributed by atoms with van der Waals surface area (Å²) in [5.41, 5.74) is 1.71. The fourth-order valence-electron chi connectivity index (χ4n) is 3.25. The second-order valence-corrected chi connectivity index (χ2v) is 7.18. The minimum Gasteiger partial charge on any atom is -0.493 e. The van der Waals surface area contributed by atoms with Crippen LogP contribution in [-0.4, -0.2) is 43.7 Å². The molecule has 3 heteroatoms. The van der Waals surface area contributed by atoms with Crippen molar-refractivity contribution in [3.8, 4) is 5.75 Å². The van der Waals surface area contributed by atoms with Crippen LogP contribution in [0.4, 0.5) is 0 Å². The molecular formula is C17H26N2O. The zero-order chi connectivity index (χ0) is 14.2. The Bertz CT molecular complexity index is 466. The van der Waals surface area contributed by atoms with Crippen LogP contribution in [0.15, 0.2) is 24.3 Å². The monoisotopic (exact) mass is 274 g/mol. The van der Waals surface area contributed by atoms with Crippen molar-refractivity contribution in [2.45, 2.75) is 32.7 Å². The first-order valence-electron chi connectivity index (χ1n) is 7.71. The van der Waals surface area contributed by atoms with Crippen LogP contribution in [0.5, 0.6) is 5.75 Å². The third-order valence-corrected chi connectivity index (χ3v) is 4.58. The molecule has 2 atom stereocenters. The second-order valence-electron chi connectivity index (χ2n) is 7.18. The van der Waals surface area contributed by atoms with Crippen molar-refractivity contribution in [1.82, 2.24) is 10.2 Å². The smallest absolute Gasteiger partial charge is 0.122 e. The van der Waals surface area contributed by atoms with Gasteiger partial charge in [-0.25, -0.2) is 0 Å². The molecule has 2 heterocycles. The van der Waals surface area contributed by atoms with Gasteiger partial charge in [0.2, 0.25) is 0 Å². The van der Waals surface area contributed by atoms with Gasteiger partial charge in [-0.05, 0) is 11.5 Å². The van der Waals surface area contributed by atoms with Crippen LogP contribution in [0.2, 0.25) is 0 Å². The molecule has 1 aromatic rings. The van der Waals surface area contributed by atoms with Gasteiger partial charge in [-0.3, -0.25) is 4.90 Å². The molecule has 20 heavy (non-hydrogen) atoms. The Labute approximate surface area is 122 Å². The Morgan fingerprint density at radius 1 is 1.30 bits per heavy atom. The van der Waals surface area contributed by atoms with Gasteiger partial charge in [0.15, 0.2) is 0 Å². The highest BCUT2D eigenvalue weighted by molar-refractivity contribution is 5.39. The first kappa shape index (κ1) is 13.9. The molecule has 2 aliphatic rings. The van der Waals surface area contributed by atoms with E-state index < -0.39 is 0 Å². The van der Waals surface area contributed by atoms with Gasteiger partial charge in [-0.1, -0.05) is 39.0 Å². The standard InChI is InChI=1S/C17H26N2O/c1-17(2,3)16-11-19(9-8-18-16)10-13-12-20-15-7-5-4-6-14(13)15/h4-7,13,16,18H,8-12H2,1-3H3. The molecule has 2 aliphatic heterocycles. The topological polar surface area (TPSA) is 24.5 Å². The third-order valence-electron chi connectivity index (χ3n) is 4.58. The van der Waals surface area contributed by atoms with Crippen molar-refractivity contribution >= 4 is 0 Å². The van der Waals surface area contributed by atoms with Crippen LogP contribution in [0.25, 0.3) is 0 Å². The summed E-state index contributed by atoms with van der Waals surface area (Å²) in [6.07, 6.45) is 0. The van der Waals surface area contributed by atoms with E-state index in [0.717, 1.165) is 38.5 Å². The number of fused-ring (bicyclic) bond motifs is 1. The summed E-state index contributed by atoms with van der Waals surface area (Å²) >= 11 is 0. The Balaban J connectivity index is 1.64. The van der Waals surface area contributed by atoms with Crippen molar-refractivity contribution < 1.29 is 4.74 Å². The Morgan fingerprint density at radius 2 is 2.10 bits per heavy atom. The molecule has 1 fully saturated rings. The van der Waals surface area contributed by atoms with Crippen LogP contribution in [0, 0.1) is 5.41 Å². The maximum atomic E-state index is 5.80. The van der Waals surface area contributed by atoms with Gasteiger partial charge in [0, 0.05) is 43.7 Å². The van der Waals surface area contributed by atoms with Gasteiger partial charge in [-0.2, -0.15) is 0 Å². The molecule has 0 aliphatic carbocycles. The van der Waals surface area contributed by atoms with Gasteiger partial charge >= 0.3 is 0 Å². The molecule has 0 saturated carbocycles. The molecule has 110 valence electrons. The molecule has 1 saturated heterocycles. The number of benzene rings is 1. The molecule has 0 amide bonds. The lowest BCUT2D eigenvalue weighted by Crippen LogP contribution is -2.56. The van der Waals surface area contributed by atoms with E-state index in [1.165, 1.54) is 5.56 Å². The van der Waals surface area contributed by atoms with Gasteiger partial charge in [0.05, 0.1) is 6.61 Å². The van der Waals surface area contributed by atoms with Crippen molar-refractivity contribution in [3.63, 3.8) is 0 Å². The highest BCUT2D eigenvalue weighted by Crippen LogP contribution is 2.34. The minimum absolute atomic E-state index is 0.322. The number of rotatable bonds is 2. The van der Waals surface area contributed by atoms with Crippen molar-refractivity contribution in [2.75, 3.05) is 32.8 Å². The van der Waals surface area contributed by atoms with Gasteiger partial charge in [-0.15, -0.1) is 0 Å². The SMILES string of the molecule is CC(C)(C)C1CN(CC2COc3ccccc32)CCN1. The second kappa shape index (κ2) is 5.38. The Hall–Kier alpha value is -1.06. The molecule has 0 bridgehead atoms. The van der Waals surface area contributed by atoms with E-state index in [0.29, 0.717) is 17.4 Å². The molecule has 3 nitrogen and oxygen atoms in total. The maximum absolute atomic E-state index is 5.80. The van der Waals surface area contributed by atoms with Crippen LogP contribution < -0.4 is 10.1 Å². The average molecular weight is 274 g/mol. The quantitative estimate of drug-likeness (QED) is 0.896. The molecule has 0 spiro atoms. The highest BCUT2D eigenvalue weighted by atomic mass is 16.5. The van der Waals surface area contributed by atoms with Crippen molar-refractivity contribution in [3.05, 3.63) is 29.8 Å². The zero-order valence-corrected chi connectivity index (χ0v) is 12.9. The van der Waals surface area contributed by atoms with Gasteiger partial charge in [0.1, 0.15) is 5.75 Å². The van der Waals surface area contributed by atoms with Crippen molar-refractivity contribution in [2.24, 2.45) is 5.41 Å². The predicted octanol–water partition coefficient (Wildman–Crippen LogP) is 2.48. The number of ether oxygens (including phenoxy) is 1. The number of hydrogen-bond acceptors (Lipinski definition) is 3. The molecule has 1 N–H and O–H groups in total. The fraction of sp³-hybridized carbons (Fsp3) is 0.647. The summed E-state index contributed by atoms with van der Waals surface area (Å²) in [6, 6.07) is 9.06. The van der Waals surface area contributed by atoms with E-state index in [-0.39, 0.29) is 0 Å². The number of piperazine rings is 1. The molecule has 1 aromatic carbocycles. The number of nitrogens with one attached hydrogen (secondary N) is 1. The lowest BCUT2D eigenvalue weighted by Gasteiger charge is -2.41. The summed E-state index contributed by atoms with van der Waals surface area (Å²) in [4.78, 5) is 2.60. The third kappa shape index (κ3) is 2.84. The minimum atomic E-state index is 0.322. The number of para-hydroxylation sites is 1. The molecule has 0 aromatic heterocycles. The van der Waals surface area contributed by atoms with E-state index in [1.54, 1.807) is 0 Å². The lowest BCUT2D eigenvalue weighted by molar-refractivity contribution is 0.125. The van der Waals surface area contributed by atoms with E-state index in [1.807, 2.05) is 0 Å². The van der Waals surface area contributed by atoms with Crippen LogP contribution in [-0.2, 0) is 0 Å². The molecule has 2 unspecified atom stereocenters. The van der Waals surface area contributed by atoms with Crippen LogP contribution in [0.3, 0.4) is 0 Å². The molecule has 3 rings (SSSR count). The van der Waals surface area contributed by atoms with Crippen LogP contribution in [0.1, 0.15) is 32.3 Å². The molecule has 0 radical (unpaired) electrons. The van der Waals surface area contributed by atoms with Gasteiger partial charge < -0.3 is 10.1 Å². The van der Waals surface area contributed by atoms with Gasteiger partial charge in [0.25, 0.3) is 0 Å².